The zero-order valence-electron chi connectivity index (χ0n) is 14.2. The van der Waals surface area contributed by atoms with Gasteiger partial charge in [0.15, 0.2) is 0 Å². The number of aliphatic hydroxyl groups is 1. The zero-order valence-corrected chi connectivity index (χ0v) is 14.2. The average Bonchev–Trinajstić information content (AvgIpc) is 2.61. The number of hydrogen-bond acceptors (Lipinski definition) is 2. The van der Waals surface area contributed by atoms with Crippen molar-refractivity contribution in [3.8, 4) is 5.75 Å². The summed E-state index contributed by atoms with van der Waals surface area (Å²) in [4.78, 5) is 0. The Labute approximate surface area is 139 Å². The van der Waals surface area contributed by atoms with Gasteiger partial charge in [0.2, 0.25) is 0 Å². The predicted octanol–water partition coefficient (Wildman–Crippen LogP) is 3.48. The fourth-order valence-electron chi connectivity index (χ4n) is 2.95. The van der Waals surface area contributed by atoms with Gasteiger partial charge >= 0.3 is 0 Å². The summed E-state index contributed by atoms with van der Waals surface area (Å²) in [7, 11) is 0. The fourth-order valence-corrected chi connectivity index (χ4v) is 2.95. The van der Waals surface area contributed by atoms with Gasteiger partial charge in [-0.25, -0.2) is 0 Å². The van der Waals surface area contributed by atoms with Crippen molar-refractivity contribution in [2.24, 2.45) is 0 Å². The predicted molar refractivity (Wildman–Crippen MR) is 94.3 cm³/mol. The van der Waals surface area contributed by atoms with Crippen LogP contribution in [0.1, 0.15) is 19.4 Å². The van der Waals surface area contributed by atoms with E-state index in [-0.39, 0.29) is 0 Å². The van der Waals surface area contributed by atoms with Crippen LogP contribution < -0.4 is 4.74 Å². The molecule has 0 heterocycles. The molecule has 0 radical (unpaired) electrons. The van der Waals surface area contributed by atoms with Crippen LogP contribution in [0.25, 0.3) is 0 Å². The van der Waals surface area contributed by atoms with Crippen LogP contribution in [0.2, 0.25) is 0 Å². The molecule has 0 aliphatic carbocycles. The van der Waals surface area contributed by atoms with E-state index in [0.717, 1.165) is 29.9 Å². The van der Waals surface area contributed by atoms with Gasteiger partial charge in [0.1, 0.15) is 31.5 Å². The second-order valence-electron chi connectivity index (χ2n) is 6.08. The summed E-state index contributed by atoms with van der Waals surface area (Å²) >= 11 is 0. The Morgan fingerprint density at radius 1 is 0.913 bits per heavy atom. The summed E-state index contributed by atoms with van der Waals surface area (Å²) in [6.07, 6.45) is -0.473. The first-order valence-corrected chi connectivity index (χ1v) is 8.42. The van der Waals surface area contributed by atoms with E-state index in [1.165, 1.54) is 5.56 Å². The Kier molecular flexibility index (Phi) is 6.63. The highest BCUT2D eigenvalue weighted by molar-refractivity contribution is 5.20. The van der Waals surface area contributed by atoms with Crippen molar-refractivity contribution in [2.45, 2.75) is 26.5 Å². The van der Waals surface area contributed by atoms with Crippen LogP contribution >= 0.6 is 0 Å². The third-order valence-corrected chi connectivity index (χ3v) is 4.49. The van der Waals surface area contributed by atoms with E-state index in [0.29, 0.717) is 13.2 Å². The molecule has 0 aliphatic heterocycles. The summed E-state index contributed by atoms with van der Waals surface area (Å²) in [5, 5.41) is 10.4. The first-order valence-electron chi connectivity index (χ1n) is 8.42. The molecule has 124 valence electrons. The summed E-state index contributed by atoms with van der Waals surface area (Å²) in [5.41, 5.74) is 1.31. The van der Waals surface area contributed by atoms with E-state index in [1.807, 2.05) is 36.4 Å². The van der Waals surface area contributed by atoms with E-state index in [9.17, 15) is 5.11 Å². The normalized spacial score (nSPS) is 12.8. The minimum absolute atomic E-state index is 0.332. The monoisotopic (exact) mass is 314 g/mol. The zero-order chi connectivity index (χ0) is 16.5. The Bertz CT molecular complexity index is 552. The molecule has 23 heavy (non-hydrogen) atoms. The topological polar surface area (TPSA) is 29.5 Å². The molecule has 0 fully saturated rings. The largest absolute Gasteiger partial charge is 0.491 e. The highest BCUT2D eigenvalue weighted by Crippen LogP contribution is 2.16. The van der Waals surface area contributed by atoms with Crippen LogP contribution in [0.5, 0.6) is 5.75 Å². The number of quaternary nitrogens is 1. The van der Waals surface area contributed by atoms with E-state index < -0.39 is 6.10 Å². The van der Waals surface area contributed by atoms with Crippen molar-refractivity contribution < 1.29 is 14.3 Å². The molecule has 0 aliphatic rings. The van der Waals surface area contributed by atoms with Crippen LogP contribution in [0.15, 0.2) is 60.7 Å². The molecule has 1 unspecified atom stereocenters. The molecule has 1 atom stereocenters. The smallest absolute Gasteiger partial charge is 0.137 e. The van der Waals surface area contributed by atoms with Crippen molar-refractivity contribution in [2.75, 3.05) is 26.2 Å². The molecule has 1 N–H and O–H groups in total. The Balaban J connectivity index is 1.94. The van der Waals surface area contributed by atoms with Gasteiger partial charge in [0, 0.05) is 5.56 Å². The lowest BCUT2D eigenvalue weighted by Gasteiger charge is -2.38. The number of aliphatic hydroxyl groups excluding tert-OH is 1. The molecule has 2 aromatic rings. The van der Waals surface area contributed by atoms with Crippen LogP contribution in [0.3, 0.4) is 0 Å². The van der Waals surface area contributed by atoms with Crippen LogP contribution in [-0.2, 0) is 6.54 Å². The molecule has 2 rings (SSSR count). The maximum absolute atomic E-state index is 10.4. The average molecular weight is 314 g/mol. The summed E-state index contributed by atoms with van der Waals surface area (Å²) in [6.45, 7) is 8.35. The van der Waals surface area contributed by atoms with E-state index in [4.69, 9.17) is 4.74 Å². The maximum atomic E-state index is 10.4. The van der Waals surface area contributed by atoms with E-state index >= 15 is 0 Å². The number of ether oxygens (including phenoxy) is 1. The SMILES string of the molecule is CC[N+](CC)(Cc1ccccc1)CC(O)COc1ccccc1. The highest BCUT2D eigenvalue weighted by Gasteiger charge is 2.27. The van der Waals surface area contributed by atoms with E-state index in [2.05, 4.69) is 38.1 Å². The standard InChI is InChI=1S/C20H28NO2/c1-3-21(4-2,15-18-11-7-5-8-12-18)16-19(22)17-23-20-13-9-6-10-14-20/h5-14,19,22H,3-4,15-17H2,1-2H3/q+1. The first kappa shape index (κ1) is 17.5. The fraction of sp³-hybridized carbons (Fsp3) is 0.400. The lowest BCUT2D eigenvalue weighted by Crippen LogP contribution is -2.52. The Morgan fingerprint density at radius 3 is 2.04 bits per heavy atom. The van der Waals surface area contributed by atoms with Crippen molar-refractivity contribution in [1.82, 2.24) is 0 Å². The molecule has 0 saturated heterocycles. The second-order valence-corrected chi connectivity index (χ2v) is 6.08. The molecule has 0 bridgehead atoms. The van der Waals surface area contributed by atoms with Crippen LogP contribution in [-0.4, -0.2) is 41.9 Å². The molecule has 0 saturated carbocycles. The lowest BCUT2D eigenvalue weighted by atomic mass is 10.1. The number of rotatable bonds is 9. The number of nitrogens with zero attached hydrogens (tertiary/aromatic N) is 1. The van der Waals surface area contributed by atoms with Crippen LogP contribution in [0.4, 0.5) is 0 Å². The van der Waals surface area contributed by atoms with Crippen molar-refractivity contribution in [3.63, 3.8) is 0 Å². The van der Waals surface area contributed by atoms with Gasteiger partial charge in [0.25, 0.3) is 0 Å². The van der Waals surface area contributed by atoms with Gasteiger partial charge in [-0.15, -0.1) is 0 Å². The molecule has 3 heteroatoms. The molecule has 3 nitrogen and oxygen atoms in total. The molecule has 0 amide bonds. The van der Waals surface area contributed by atoms with Gasteiger partial charge in [-0.2, -0.15) is 0 Å². The maximum Gasteiger partial charge on any atom is 0.137 e. The quantitative estimate of drug-likeness (QED) is 0.718. The van der Waals surface area contributed by atoms with Crippen LogP contribution in [0, 0.1) is 0 Å². The van der Waals surface area contributed by atoms with E-state index in [1.54, 1.807) is 0 Å². The minimum Gasteiger partial charge on any atom is -0.491 e. The Hall–Kier alpha value is -1.84. The molecular formula is C20H28NO2+. The third kappa shape index (κ3) is 5.38. The summed E-state index contributed by atoms with van der Waals surface area (Å²) in [6, 6.07) is 20.2. The second kappa shape index (κ2) is 8.70. The van der Waals surface area contributed by atoms with Gasteiger partial charge < -0.3 is 14.3 Å². The summed E-state index contributed by atoms with van der Waals surface area (Å²) < 4.78 is 6.56. The van der Waals surface area contributed by atoms with Gasteiger partial charge in [0.05, 0.1) is 13.1 Å². The molecular weight excluding hydrogens is 286 g/mol. The van der Waals surface area contributed by atoms with Gasteiger partial charge in [-0.05, 0) is 26.0 Å². The third-order valence-electron chi connectivity index (χ3n) is 4.49. The lowest BCUT2D eigenvalue weighted by molar-refractivity contribution is -0.940. The summed E-state index contributed by atoms with van der Waals surface area (Å²) in [5.74, 6) is 0.806. The van der Waals surface area contributed by atoms with Gasteiger partial charge in [-0.1, -0.05) is 48.5 Å². The number of likely N-dealkylation sites (N-methyl/N-ethyl adjacent to an activating group) is 1. The van der Waals surface area contributed by atoms with Crippen molar-refractivity contribution >= 4 is 0 Å². The number of para-hydroxylation sites is 1. The number of benzene rings is 2. The highest BCUT2D eigenvalue weighted by atomic mass is 16.5. The minimum atomic E-state index is -0.473. The number of hydrogen-bond donors (Lipinski definition) is 1. The van der Waals surface area contributed by atoms with Gasteiger partial charge in [-0.3, -0.25) is 0 Å². The van der Waals surface area contributed by atoms with Crippen molar-refractivity contribution in [3.05, 3.63) is 66.2 Å². The van der Waals surface area contributed by atoms with Crippen molar-refractivity contribution in [1.29, 1.82) is 0 Å². The molecule has 2 aromatic carbocycles. The first-order chi connectivity index (χ1) is 11.2. The molecule has 0 aromatic heterocycles. The molecule has 0 spiro atoms. The Morgan fingerprint density at radius 2 is 1.48 bits per heavy atom.